The number of carboxylic acids is 1. The van der Waals surface area contributed by atoms with E-state index in [1.54, 1.807) is 25.7 Å². The predicted molar refractivity (Wildman–Crippen MR) is 132 cm³/mol. The number of fused-ring (bicyclic) bond motifs is 3. The zero-order valence-corrected chi connectivity index (χ0v) is 20.4. The molecule has 0 saturated carbocycles. The second-order valence-electron chi connectivity index (χ2n) is 9.42. The van der Waals surface area contributed by atoms with Gasteiger partial charge < -0.3 is 20.1 Å². The van der Waals surface area contributed by atoms with Gasteiger partial charge in [0.2, 0.25) is 5.91 Å². The van der Waals surface area contributed by atoms with Crippen LogP contribution in [0.5, 0.6) is 0 Å². The topological polar surface area (TPSA) is 99.2 Å². The number of carboxylic acid groups (broad SMARTS) is 1. The highest BCUT2D eigenvalue weighted by Crippen LogP contribution is 2.44. The van der Waals surface area contributed by atoms with Crippen LogP contribution in [-0.2, 0) is 14.3 Å². The van der Waals surface area contributed by atoms with Gasteiger partial charge in [-0.15, -0.1) is 0 Å². The summed E-state index contributed by atoms with van der Waals surface area (Å²) in [7, 11) is 0. The maximum absolute atomic E-state index is 13.0. The molecule has 3 atom stereocenters. The van der Waals surface area contributed by atoms with Gasteiger partial charge >= 0.3 is 12.1 Å². The van der Waals surface area contributed by atoms with Gasteiger partial charge in [-0.3, -0.25) is 14.5 Å². The Bertz CT molecular complexity index is 1050. The number of hydrogen-bond donors (Lipinski definition) is 2. The molecule has 1 aliphatic carbocycles. The smallest absolute Gasteiger partial charge is 0.407 e. The summed E-state index contributed by atoms with van der Waals surface area (Å²) in [6.45, 7) is 7.44. The van der Waals surface area contributed by atoms with Crippen LogP contribution in [0.2, 0.25) is 0 Å². The Hall–Kier alpha value is -3.39. The standard InChI is InChI=1S/C27H33N3O5/c1-17(25(31)30-14-12-29(13-15-30)19(3)26(32)33)18(2)28-27(34)35-16-24-22-10-6-4-8-20(22)21-9-5-7-11-23(21)24/h4-11,17-19,24H,12-16H2,1-3H3,(H,28,34)(H,32,33). The van der Waals surface area contributed by atoms with Crippen LogP contribution in [0.3, 0.4) is 0 Å². The lowest BCUT2D eigenvalue weighted by atomic mass is 9.98. The summed E-state index contributed by atoms with van der Waals surface area (Å²) < 4.78 is 5.61. The molecule has 2 aromatic carbocycles. The van der Waals surface area contributed by atoms with Crippen molar-refractivity contribution in [3.63, 3.8) is 0 Å². The van der Waals surface area contributed by atoms with Gasteiger partial charge in [-0.05, 0) is 36.1 Å². The minimum atomic E-state index is -0.862. The van der Waals surface area contributed by atoms with Crippen molar-refractivity contribution in [3.05, 3.63) is 59.7 Å². The van der Waals surface area contributed by atoms with Crippen molar-refractivity contribution in [3.8, 4) is 11.1 Å². The van der Waals surface area contributed by atoms with E-state index in [1.165, 1.54) is 11.1 Å². The first kappa shape index (κ1) is 24.7. The summed E-state index contributed by atoms with van der Waals surface area (Å²) in [5.41, 5.74) is 4.63. The Labute approximate surface area is 205 Å². The molecular weight excluding hydrogens is 446 g/mol. The Morgan fingerprint density at radius 3 is 2.03 bits per heavy atom. The number of rotatable bonds is 7. The predicted octanol–water partition coefficient (Wildman–Crippen LogP) is 3.17. The highest BCUT2D eigenvalue weighted by molar-refractivity contribution is 5.81. The van der Waals surface area contributed by atoms with Crippen LogP contribution < -0.4 is 5.32 Å². The number of piperazine rings is 1. The molecular formula is C27H33N3O5. The minimum Gasteiger partial charge on any atom is -0.480 e. The summed E-state index contributed by atoms with van der Waals surface area (Å²) in [6, 6.07) is 15.4. The summed E-state index contributed by atoms with van der Waals surface area (Å²) in [5.74, 6) is -1.37. The molecule has 0 aromatic heterocycles. The average Bonchev–Trinajstić information content (AvgIpc) is 3.19. The van der Waals surface area contributed by atoms with Crippen molar-refractivity contribution in [1.82, 2.24) is 15.1 Å². The molecule has 1 fully saturated rings. The summed E-state index contributed by atoms with van der Waals surface area (Å²) in [4.78, 5) is 40.4. The number of aliphatic carboxylic acids is 1. The molecule has 1 aliphatic heterocycles. The van der Waals surface area contributed by atoms with Crippen molar-refractivity contribution in [1.29, 1.82) is 0 Å². The van der Waals surface area contributed by atoms with Crippen LogP contribution in [0.25, 0.3) is 11.1 Å². The maximum Gasteiger partial charge on any atom is 0.407 e. The SMILES string of the molecule is CC(NC(=O)OCC1c2ccccc2-c2ccccc21)C(C)C(=O)N1CCN(C(C)C(=O)O)CC1. The number of carbonyl (C=O) groups is 3. The first-order valence-electron chi connectivity index (χ1n) is 12.1. The number of nitrogens with one attached hydrogen (secondary N) is 1. The molecule has 2 N–H and O–H groups in total. The van der Waals surface area contributed by atoms with Crippen molar-refractivity contribution in [2.24, 2.45) is 5.92 Å². The monoisotopic (exact) mass is 479 g/mol. The third-order valence-electron chi connectivity index (χ3n) is 7.36. The van der Waals surface area contributed by atoms with Gasteiger partial charge in [-0.25, -0.2) is 4.79 Å². The molecule has 0 spiro atoms. The highest BCUT2D eigenvalue weighted by Gasteiger charge is 2.32. The first-order valence-corrected chi connectivity index (χ1v) is 12.1. The van der Waals surface area contributed by atoms with Crippen LogP contribution in [-0.4, -0.2) is 77.7 Å². The number of benzene rings is 2. The Kier molecular flexibility index (Phi) is 7.40. The molecule has 2 amide bonds. The van der Waals surface area contributed by atoms with Gasteiger partial charge in [0.25, 0.3) is 0 Å². The molecule has 4 rings (SSSR count). The van der Waals surface area contributed by atoms with Crippen LogP contribution in [0, 0.1) is 5.92 Å². The molecule has 8 nitrogen and oxygen atoms in total. The third-order valence-corrected chi connectivity index (χ3v) is 7.36. The van der Waals surface area contributed by atoms with Gasteiger partial charge in [-0.1, -0.05) is 55.5 Å². The normalized spacial score (nSPS) is 18.2. The number of nitrogens with zero attached hydrogens (tertiary/aromatic N) is 2. The molecule has 0 bridgehead atoms. The van der Waals surface area contributed by atoms with Gasteiger partial charge in [0.15, 0.2) is 0 Å². The van der Waals surface area contributed by atoms with E-state index < -0.39 is 30.1 Å². The Balaban J connectivity index is 1.29. The van der Waals surface area contributed by atoms with E-state index in [9.17, 15) is 19.5 Å². The van der Waals surface area contributed by atoms with Gasteiger partial charge in [0, 0.05) is 38.1 Å². The summed E-state index contributed by atoms with van der Waals surface area (Å²) >= 11 is 0. The largest absolute Gasteiger partial charge is 0.480 e. The lowest BCUT2D eigenvalue weighted by molar-refractivity contribution is -0.144. The molecule has 186 valence electrons. The number of amides is 2. The number of hydrogen-bond acceptors (Lipinski definition) is 5. The van der Waals surface area contributed by atoms with Crippen LogP contribution in [0.1, 0.15) is 37.8 Å². The second kappa shape index (κ2) is 10.5. The summed E-state index contributed by atoms with van der Waals surface area (Å²) in [6.07, 6.45) is -0.542. The maximum atomic E-state index is 13.0. The minimum absolute atomic E-state index is 0.0213. The average molecular weight is 480 g/mol. The first-order chi connectivity index (χ1) is 16.8. The lowest BCUT2D eigenvalue weighted by Gasteiger charge is -2.38. The van der Waals surface area contributed by atoms with Crippen LogP contribution >= 0.6 is 0 Å². The van der Waals surface area contributed by atoms with Gasteiger partial charge in [-0.2, -0.15) is 0 Å². The van der Waals surface area contributed by atoms with Crippen molar-refractivity contribution in [2.45, 2.75) is 38.8 Å². The fourth-order valence-corrected chi connectivity index (χ4v) is 4.94. The molecule has 3 unspecified atom stereocenters. The molecule has 1 heterocycles. The molecule has 2 aliphatic rings. The Morgan fingerprint density at radius 1 is 0.943 bits per heavy atom. The number of carbonyl (C=O) groups excluding carboxylic acids is 2. The Morgan fingerprint density at radius 2 is 1.49 bits per heavy atom. The van der Waals surface area contributed by atoms with E-state index in [2.05, 4.69) is 29.6 Å². The van der Waals surface area contributed by atoms with Crippen LogP contribution in [0.15, 0.2) is 48.5 Å². The molecule has 2 aromatic rings. The van der Waals surface area contributed by atoms with E-state index in [0.29, 0.717) is 26.2 Å². The van der Waals surface area contributed by atoms with Gasteiger partial charge in [0.1, 0.15) is 12.6 Å². The van der Waals surface area contributed by atoms with E-state index in [1.807, 2.05) is 29.2 Å². The van der Waals surface area contributed by atoms with Crippen LogP contribution in [0.4, 0.5) is 4.79 Å². The highest BCUT2D eigenvalue weighted by atomic mass is 16.5. The zero-order valence-electron chi connectivity index (χ0n) is 20.4. The number of ether oxygens (including phenoxy) is 1. The van der Waals surface area contributed by atoms with E-state index >= 15 is 0 Å². The van der Waals surface area contributed by atoms with E-state index in [-0.39, 0.29) is 18.4 Å². The van der Waals surface area contributed by atoms with Crippen molar-refractivity contribution >= 4 is 18.0 Å². The fraction of sp³-hybridized carbons (Fsp3) is 0.444. The third kappa shape index (κ3) is 5.17. The molecule has 8 heteroatoms. The molecule has 0 radical (unpaired) electrons. The van der Waals surface area contributed by atoms with Gasteiger partial charge in [0.05, 0.1) is 5.92 Å². The van der Waals surface area contributed by atoms with Crippen molar-refractivity contribution < 1.29 is 24.2 Å². The quantitative estimate of drug-likeness (QED) is 0.633. The zero-order chi connectivity index (χ0) is 25.1. The van der Waals surface area contributed by atoms with E-state index in [4.69, 9.17) is 4.74 Å². The molecule has 1 saturated heterocycles. The van der Waals surface area contributed by atoms with Crippen molar-refractivity contribution in [2.75, 3.05) is 32.8 Å². The fourth-order valence-electron chi connectivity index (χ4n) is 4.94. The van der Waals surface area contributed by atoms with E-state index in [0.717, 1.165) is 11.1 Å². The lowest BCUT2D eigenvalue weighted by Crippen LogP contribution is -2.55. The second-order valence-corrected chi connectivity index (χ2v) is 9.42. The number of alkyl carbamates (subject to hydrolysis) is 1. The molecule has 35 heavy (non-hydrogen) atoms. The summed E-state index contributed by atoms with van der Waals surface area (Å²) in [5, 5.41) is 12.0.